The molecule has 0 saturated carbocycles. The van der Waals surface area contributed by atoms with Crippen LogP contribution < -0.4 is 10.5 Å². The fraction of sp³-hybridized carbons (Fsp3) is 0. The summed E-state index contributed by atoms with van der Waals surface area (Å²) in [6.07, 6.45) is 1.45. The van der Waals surface area contributed by atoms with Crippen LogP contribution in [0.1, 0.15) is 4.88 Å². The lowest BCUT2D eigenvalue weighted by molar-refractivity contribution is -0.112. The molecule has 0 atom stereocenters. The van der Waals surface area contributed by atoms with Crippen molar-refractivity contribution in [3.8, 4) is 16.5 Å². The lowest BCUT2D eigenvalue weighted by Crippen LogP contribution is -2.14. The quantitative estimate of drug-likeness (QED) is 0.477. The molecule has 9 heteroatoms. The van der Waals surface area contributed by atoms with E-state index >= 15 is 0 Å². The van der Waals surface area contributed by atoms with E-state index in [0.29, 0.717) is 10.6 Å². The molecule has 1 amide bonds. The van der Waals surface area contributed by atoms with Gasteiger partial charge in [-0.2, -0.15) is 5.26 Å². The highest BCUT2D eigenvalue weighted by molar-refractivity contribution is 7.89. The maximum Gasteiger partial charge on any atom is 0.266 e. The van der Waals surface area contributed by atoms with Gasteiger partial charge in [0.15, 0.2) is 0 Å². The predicted molar refractivity (Wildman–Crippen MR) is 110 cm³/mol. The second-order valence-corrected chi connectivity index (χ2v) is 8.58. The monoisotopic (exact) mass is 427 g/mol. The predicted octanol–water partition coefficient (Wildman–Crippen LogP) is 3.75. The van der Waals surface area contributed by atoms with E-state index in [0.717, 1.165) is 10.4 Å². The molecule has 6 nitrogen and oxygen atoms in total. The van der Waals surface area contributed by atoms with Gasteiger partial charge in [0.05, 0.1) is 4.90 Å². The first-order chi connectivity index (χ1) is 13.8. The van der Waals surface area contributed by atoms with Crippen molar-refractivity contribution in [2.24, 2.45) is 5.14 Å². The maximum absolute atomic E-state index is 13.1. The smallest absolute Gasteiger partial charge is 0.266 e. The standard InChI is InChI=1S/C20H14FN3O3S2/c21-15-3-1-13(2-4-15)19-10-7-17(28-19)11-14(12-22)20(25)24-16-5-8-18(9-6-16)29(23,26)27/h1-11H,(H,24,25)(H2,23,26,27). The lowest BCUT2D eigenvalue weighted by Gasteiger charge is -2.05. The summed E-state index contributed by atoms with van der Waals surface area (Å²) in [6.45, 7) is 0. The molecule has 0 radical (unpaired) electrons. The van der Waals surface area contributed by atoms with Crippen molar-refractivity contribution in [3.05, 3.63) is 76.9 Å². The number of nitriles is 1. The van der Waals surface area contributed by atoms with Gasteiger partial charge >= 0.3 is 0 Å². The zero-order valence-electron chi connectivity index (χ0n) is 14.8. The Balaban J connectivity index is 1.77. The number of hydrogen-bond acceptors (Lipinski definition) is 5. The van der Waals surface area contributed by atoms with Crippen molar-refractivity contribution in [2.45, 2.75) is 4.90 Å². The first-order valence-electron chi connectivity index (χ1n) is 8.18. The highest BCUT2D eigenvalue weighted by atomic mass is 32.2. The molecule has 2 aromatic carbocycles. The van der Waals surface area contributed by atoms with Gasteiger partial charge in [-0.25, -0.2) is 17.9 Å². The van der Waals surface area contributed by atoms with Crippen molar-refractivity contribution in [1.29, 1.82) is 5.26 Å². The summed E-state index contributed by atoms with van der Waals surface area (Å²) in [5.74, 6) is -0.960. The number of nitrogens with zero attached hydrogens (tertiary/aromatic N) is 1. The minimum absolute atomic E-state index is 0.0848. The Hall–Kier alpha value is -3.32. The zero-order valence-corrected chi connectivity index (χ0v) is 16.4. The van der Waals surface area contributed by atoms with Crippen molar-refractivity contribution in [1.82, 2.24) is 0 Å². The van der Waals surface area contributed by atoms with Gasteiger partial charge in [-0.05, 0) is 60.2 Å². The molecule has 0 fully saturated rings. The number of benzene rings is 2. The van der Waals surface area contributed by atoms with Crippen LogP contribution in [0.2, 0.25) is 0 Å². The number of thiophene rings is 1. The Kier molecular flexibility index (Phi) is 5.89. The van der Waals surface area contributed by atoms with Crippen molar-refractivity contribution >= 4 is 39.0 Å². The Morgan fingerprint density at radius 2 is 1.72 bits per heavy atom. The van der Waals surface area contributed by atoms with Crippen LogP contribution in [-0.4, -0.2) is 14.3 Å². The Morgan fingerprint density at radius 3 is 2.31 bits per heavy atom. The molecule has 1 aromatic heterocycles. The van der Waals surface area contributed by atoms with E-state index in [1.54, 1.807) is 18.2 Å². The van der Waals surface area contributed by atoms with Crippen molar-refractivity contribution < 1.29 is 17.6 Å². The molecule has 3 rings (SSSR count). The topological polar surface area (TPSA) is 113 Å². The van der Waals surface area contributed by atoms with Crippen LogP contribution in [0.5, 0.6) is 0 Å². The Labute approximate surface area is 170 Å². The van der Waals surface area contributed by atoms with Gasteiger partial charge in [0.1, 0.15) is 17.5 Å². The number of nitrogens with one attached hydrogen (secondary N) is 1. The molecule has 29 heavy (non-hydrogen) atoms. The number of carbonyl (C=O) groups excluding carboxylic acids is 1. The summed E-state index contributed by atoms with van der Waals surface area (Å²) in [5.41, 5.74) is 1.03. The van der Waals surface area contributed by atoms with E-state index in [-0.39, 0.29) is 16.3 Å². The SMILES string of the molecule is N#CC(=Cc1ccc(-c2ccc(F)cc2)s1)C(=O)Nc1ccc(S(N)(=O)=O)cc1. The molecule has 3 N–H and O–H groups in total. The molecule has 0 aliphatic rings. The second-order valence-electron chi connectivity index (χ2n) is 5.90. The first-order valence-corrected chi connectivity index (χ1v) is 10.5. The maximum atomic E-state index is 13.1. The van der Waals surface area contributed by atoms with Crippen LogP contribution in [0.4, 0.5) is 10.1 Å². The van der Waals surface area contributed by atoms with Crippen molar-refractivity contribution in [3.63, 3.8) is 0 Å². The number of rotatable bonds is 5. The number of hydrogen-bond donors (Lipinski definition) is 2. The number of sulfonamides is 1. The van der Waals surface area contributed by atoms with Gasteiger partial charge in [0.2, 0.25) is 10.0 Å². The van der Waals surface area contributed by atoms with E-state index in [1.807, 2.05) is 12.1 Å². The van der Waals surface area contributed by atoms with Crippen LogP contribution in [0.25, 0.3) is 16.5 Å². The van der Waals surface area contributed by atoms with Crippen LogP contribution in [0.15, 0.2) is 71.1 Å². The molecule has 3 aromatic rings. The van der Waals surface area contributed by atoms with E-state index in [9.17, 15) is 22.9 Å². The summed E-state index contributed by atoms with van der Waals surface area (Å²) >= 11 is 1.35. The number of anilines is 1. The van der Waals surface area contributed by atoms with Gasteiger partial charge in [0.25, 0.3) is 5.91 Å². The van der Waals surface area contributed by atoms with Crippen molar-refractivity contribution in [2.75, 3.05) is 5.32 Å². The van der Waals surface area contributed by atoms with Crippen LogP contribution in [0.3, 0.4) is 0 Å². The highest BCUT2D eigenvalue weighted by Gasteiger charge is 2.12. The third-order valence-electron chi connectivity index (χ3n) is 3.85. The minimum Gasteiger partial charge on any atom is -0.321 e. The van der Waals surface area contributed by atoms with Gasteiger partial charge < -0.3 is 5.32 Å². The number of primary sulfonamides is 1. The number of halogens is 1. The average Bonchev–Trinajstić information content (AvgIpc) is 3.15. The van der Waals surface area contributed by atoms with E-state index < -0.39 is 15.9 Å². The van der Waals surface area contributed by atoms with Gasteiger partial charge in [0, 0.05) is 15.4 Å². The largest absolute Gasteiger partial charge is 0.321 e. The fourth-order valence-electron chi connectivity index (χ4n) is 2.42. The molecular weight excluding hydrogens is 413 g/mol. The summed E-state index contributed by atoms with van der Waals surface area (Å²) in [7, 11) is -3.83. The van der Waals surface area contributed by atoms with Crippen LogP contribution in [-0.2, 0) is 14.8 Å². The molecule has 1 heterocycles. The summed E-state index contributed by atoms with van der Waals surface area (Å²) in [5, 5.41) is 16.9. The first kappa shape index (κ1) is 20.4. The second kappa shape index (κ2) is 8.36. The summed E-state index contributed by atoms with van der Waals surface area (Å²) < 4.78 is 35.6. The molecule has 0 spiro atoms. The van der Waals surface area contributed by atoms with Crippen LogP contribution >= 0.6 is 11.3 Å². The minimum atomic E-state index is -3.83. The molecule has 0 aliphatic heterocycles. The van der Waals surface area contributed by atoms with E-state index in [4.69, 9.17) is 5.14 Å². The normalized spacial score (nSPS) is 11.7. The Bertz CT molecular complexity index is 1220. The van der Waals surface area contributed by atoms with E-state index in [1.165, 1.54) is 53.8 Å². The summed E-state index contributed by atoms with van der Waals surface area (Å²) in [4.78, 5) is 13.8. The van der Waals surface area contributed by atoms with Gasteiger partial charge in [-0.15, -0.1) is 11.3 Å². The lowest BCUT2D eigenvalue weighted by atomic mass is 10.2. The number of nitrogens with two attached hydrogens (primary N) is 1. The number of amides is 1. The number of carbonyl (C=O) groups is 1. The van der Waals surface area contributed by atoms with Gasteiger partial charge in [-0.1, -0.05) is 12.1 Å². The van der Waals surface area contributed by atoms with E-state index in [2.05, 4.69) is 5.32 Å². The third kappa shape index (κ3) is 5.14. The molecule has 0 aliphatic carbocycles. The Morgan fingerprint density at radius 1 is 1.07 bits per heavy atom. The average molecular weight is 427 g/mol. The fourth-order valence-corrected chi connectivity index (χ4v) is 3.89. The molecule has 146 valence electrons. The molecule has 0 saturated heterocycles. The van der Waals surface area contributed by atoms with Gasteiger partial charge in [-0.3, -0.25) is 4.79 Å². The summed E-state index contributed by atoms with van der Waals surface area (Å²) in [6, 6.07) is 16.7. The molecular formula is C20H14FN3O3S2. The highest BCUT2D eigenvalue weighted by Crippen LogP contribution is 2.29. The zero-order chi connectivity index (χ0) is 21.0. The third-order valence-corrected chi connectivity index (χ3v) is 5.86. The van der Waals surface area contributed by atoms with Crippen LogP contribution in [0, 0.1) is 17.1 Å². The molecule has 0 unspecified atom stereocenters. The molecule has 0 bridgehead atoms.